The van der Waals surface area contributed by atoms with Gasteiger partial charge in [0.1, 0.15) is 0 Å². The van der Waals surface area contributed by atoms with Crippen molar-refractivity contribution >= 4 is 21.9 Å². The molecule has 0 saturated carbocycles. The SMILES string of the molecule is COCC(C)Nc1nc(C)cn1Cc1ccccc1Br. The van der Waals surface area contributed by atoms with Gasteiger partial charge in [0, 0.05) is 23.8 Å². The Morgan fingerprint density at radius 3 is 2.85 bits per heavy atom. The maximum Gasteiger partial charge on any atom is 0.203 e. The van der Waals surface area contributed by atoms with E-state index in [4.69, 9.17) is 4.74 Å². The number of anilines is 1. The van der Waals surface area contributed by atoms with E-state index in [1.807, 2.05) is 19.1 Å². The summed E-state index contributed by atoms with van der Waals surface area (Å²) in [4.78, 5) is 4.54. The molecule has 108 valence electrons. The molecule has 1 atom stereocenters. The highest BCUT2D eigenvalue weighted by molar-refractivity contribution is 9.10. The zero-order valence-corrected chi connectivity index (χ0v) is 13.6. The first-order chi connectivity index (χ1) is 9.60. The Hall–Kier alpha value is -1.33. The number of methoxy groups -OCH3 is 1. The van der Waals surface area contributed by atoms with Crippen molar-refractivity contribution in [1.82, 2.24) is 9.55 Å². The van der Waals surface area contributed by atoms with Crippen LogP contribution in [0.1, 0.15) is 18.2 Å². The molecule has 0 aliphatic heterocycles. The van der Waals surface area contributed by atoms with E-state index in [1.54, 1.807) is 7.11 Å². The summed E-state index contributed by atoms with van der Waals surface area (Å²) < 4.78 is 8.39. The molecule has 5 heteroatoms. The lowest BCUT2D eigenvalue weighted by molar-refractivity contribution is 0.190. The third-order valence-corrected chi connectivity index (χ3v) is 3.76. The Morgan fingerprint density at radius 2 is 2.15 bits per heavy atom. The van der Waals surface area contributed by atoms with Gasteiger partial charge in [-0.25, -0.2) is 4.98 Å². The molecule has 1 heterocycles. The lowest BCUT2D eigenvalue weighted by Gasteiger charge is -2.15. The number of aromatic nitrogens is 2. The monoisotopic (exact) mass is 337 g/mol. The summed E-state index contributed by atoms with van der Waals surface area (Å²) in [7, 11) is 1.71. The molecule has 0 bridgehead atoms. The van der Waals surface area contributed by atoms with Crippen molar-refractivity contribution in [3.05, 3.63) is 46.2 Å². The molecule has 1 aromatic carbocycles. The molecule has 1 N–H and O–H groups in total. The number of halogens is 1. The highest BCUT2D eigenvalue weighted by atomic mass is 79.9. The van der Waals surface area contributed by atoms with E-state index in [0.29, 0.717) is 6.61 Å². The molecule has 1 unspecified atom stereocenters. The second-order valence-corrected chi connectivity index (χ2v) is 5.78. The number of aryl methyl sites for hydroxylation is 1. The third kappa shape index (κ3) is 3.84. The summed E-state index contributed by atoms with van der Waals surface area (Å²) in [6.45, 7) is 5.52. The predicted molar refractivity (Wildman–Crippen MR) is 85.2 cm³/mol. The average molecular weight is 338 g/mol. The highest BCUT2D eigenvalue weighted by Gasteiger charge is 2.10. The van der Waals surface area contributed by atoms with Crippen molar-refractivity contribution in [2.24, 2.45) is 0 Å². The molecule has 1 aromatic heterocycles. The minimum absolute atomic E-state index is 0.222. The van der Waals surface area contributed by atoms with Crippen LogP contribution in [0, 0.1) is 6.92 Å². The van der Waals surface area contributed by atoms with Gasteiger partial charge < -0.3 is 14.6 Å². The van der Waals surface area contributed by atoms with Crippen LogP contribution in [-0.4, -0.2) is 29.3 Å². The van der Waals surface area contributed by atoms with Gasteiger partial charge in [-0.2, -0.15) is 0 Å². The summed E-state index contributed by atoms with van der Waals surface area (Å²) in [5.74, 6) is 0.878. The maximum atomic E-state index is 5.15. The molecular formula is C15H20BrN3O. The van der Waals surface area contributed by atoms with Crippen LogP contribution < -0.4 is 5.32 Å². The number of nitrogens with zero attached hydrogens (tertiary/aromatic N) is 2. The molecule has 0 radical (unpaired) electrons. The van der Waals surface area contributed by atoms with Gasteiger partial charge in [0.25, 0.3) is 0 Å². The fourth-order valence-electron chi connectivity index (χ4n) is 2.10. The van der Waals surface area contributed by atoms with Crippen molar-refractivity contribution in [1.29, 1.82) is 0 Å². The Labute approximate surface area is 128 Å². The van der Waals surface area contributed by atoms with E-state index < -0.39 is 0 Å². The topological polar surface area (TPSA) is 39.1 Å². The van der Waals surface area contributed by atoms with Crippen LogP contribution in [0.2, 0.25) is 0 Å². The lowest BCUT2D eigenvalue weighted by Crippen LogP contribution is -2.23. The molecule has 2 aromatic rings. The molecular weight excluding hydrogens is 318 g/mol. The zero-order chi connectivity index (χ0) is 14.5. The van der Waals surface area contributed by atoms with Crippen LogP contribution in [0.5, 0.6) is 0 Å². The summed E-state index contributed by atoms with van der Waals surface area (Å²) in [6, 6.07) is 8.46. The number of rotatable bonds is 6. The standard InChI is InChI=1S/C15H20BrN3O/c1-11-8-19(9-13-6-4-5-7-14(13)16)15(17-11)18-12(2)10-20-3/h4-8,12H,9-10H2,1-3H3,(H,17,18). The van der Waals surface area contributed by atoms with Crippen LogP contribution in [0.3, 0.4) is 0 Å². The van der Waals surface area contributed by atoms with Crippen molar-refractivity contribution < 1.29 is 4.74 Å². The fraction of sp³-hybridized carbons (Fsp3) is 0.400. The Bertz CT molecular complexity index is 568. The molecule has 0 aliphatic carbocycles. The maximum absolute atomic E-state index is 5.15. The number of hydrogen-bond acceptors (Lipinski definition) is 3. The van der Waals surface area contributed by atoms with Crippen molar-refractivity contribution in [2.75, 3.05) is 19.0 Å². The van der Waals surface area contributed by atoms with E-state index in [9.17, 15) is 0 Å². The van der Waals surface area contributed by atoms with E-state index in [1.165, 1.54) is 5.56 Å². The number of nitrogens with one attached hydrogen (secondary N) is 1. The first-order valence-electron chi connectivity index (χ1n) is 6.63. The van der Waals surface area contributed by atoms with Gasteiger partial charge in [-0.15, -0.1) is 0 Å². The van der Waals surface area contributed by atoms with E-state index in [0.717, 1.165) is 22.7 Å². The molecule has 2 rings (SSSR count). The summed E-state index contributed by atoms with van der Waals surface area (Å²) in [5, 5.41) is 3.38. The van der Waals surface area contributed by atoms with Gasteiger partial charge in [-0.1, -0.05) is 34.1 Å². The Morgan fingerprint density at radius 1 is 1.40 bits per heavy atom. The fourth-order valence-corrected chi connectivity index (χ4v) is 2.51. The van der Waals surface area contributed by atoms with Crippen LogP contribution in [0.15, 0.2) is 34.9 Å². The van der Waals surface area contributed by atoms with Gasteiger partial charge in [0.2, 0.25) is 5.95 Å². The van der Waals surface area contributed by atoms with Crippen molar-refractivity contribution in [3.8, 4) is 0 Å². The molecule has 0 amide bonds. The summed E-state index contributed by atoms with van der Waals surface area (Å²) >= 11 is 3.59. The van der Waals surface area contributed by atoms with E-state index >= 15 is 0 Å². The highest BCUT2D eigenvalue weighted by Crippen LogP contribution is 2.19. The van der Waals surface area contributed by atoms with Gasteiger partial charge >= 0.3 is 0 Å². The number of hydrogen-bond donors (Lipinski definition) is 1. The second-order valence-electron chi connectivity index (χ2n) is 4.93. The predicted octanol–water partition coefficient (Wildman–Crippen LogP) is 3.45. The quantitative estimate of drug-likeness (QED) is 0.877. The molecule has 0 fully saturated rings. The van der Waals surface area contributed by atoms with Gasteiger partial charge in [-0.3, -0.25) is 0 Å². The lowest BCUT2D eigenvalue weighted by atomic mass is 10.2. The molecule has 0 spiro atoms. The van der Waals surface area contributed by atoms with Gasteiger partial charge in [0.15, 0.2) is 0 Å². The second kappa shape index (κ2) is 6.90. The Kier molecular flexibility index (Phi) is 5.20. The molecule has 20 heavy (non-hydrogen) atoms. The van der Waals surface area contributed by atoms with Crippen LogP contribution >= 0.6 is 15.9 Å². The summed E-state index contributed by atoms with van der Waals surface area (Å²) in [6.07, 6.45) is 2.06. The Balaban J connectivity index is 2.17. The van der Waals surface area contributed by atoms with Gasteiger partial charge in [-0.05, 0) is 25.5 Å². The van der Waals surface area contributed by atoms with E-state index in [2.05, 4.69) is 56.1 Å². The zero-order valence-electron chi connectivity index (χ0n) is 12.1. The molecule has 0 aliphatic rings. The summed E-state index contributed by atoms with van der Waals surface area (Å²) in [5.41, 5.74) is 2.23. The smallest absolute Gasteiger partial charge is 0.203 e. The van der Waals surface area contributed by atoms with Crippen molar-refractivity contribution in [2.45, 2.75) is 26.4 Å². The number of imidazole rings is 1. The number of benzene rings is 1. The van der Waals surface area contributed by atoms with Crippen molar-refractivity contribution in [3.63, 3.8) is 0 Å². The largest absolute Gasteiger partial charge is 0.383 e. The molecule has 0 saturated heterocycles. The minimum Gasteiger partial charge on any atom is -0.383 e. The first-order valence-corrected chi connectivity index (χ1v) is 7.42. The normalized spacial score (nSPS) is 12.4. The van der Waals surface area contributed by atoms with Gasteiger partial charge in [0.05, 0.1) is 18.8 Å². The van der Waals surface area contributed by atoms with Crippen LogP contribution in [0.25, 0.3) is 0 Å². The minimum atomic E-state index is 0.222. The number of ether oxygens (including phenoxy) is 1. The first kappa shape index (κ1) is 15.1. The van der Waals surface area contributed by atoms with Crippen LogP contribution in [-0.2, 0) is 11.3 Å². The average Bonchev–Trinajstić information content (AvgIpc) is 2.72. The molecule has 4 nitrogen and oxygen atoms in total. The third-order valence-electron chi connectivity index (χ3n) is 2.99. The van der Waals surface area contributed by atoms with Crippen LogP contribution in [0.4, 0.5) is 5.95 Å². The van der Waals surface area contributed by atoms with E-state index in [-0.39, 0.29) is 6.04 Å².